The normalized spacial score (nSPS) is 10.4. The van der Waals surface area contributed by atoms with Gasteiger partial charge < -0.3 is 9.47 Å². The van der Waals surface area contributed by atoms with E-state index < -0.39 is 23.8 Å². The van der Waals surface area contributed by atoms with Crippen LogP contribution < -0.4 is 0 Å². The number of carbonyl (C=O) groups excluding carboxylic acids is 3. The molecule has 0 radical (unpaired) electrons. The van der Waals surface area contributed by atoms with Crippen molar-refractivity contribution >= 4 is 55.0 Å². The van der Waals surface area contributed by atoms with Gasteiger partial charge in [-0.25, -0.2) is 9.59 Å². The van der Waals surface area contributed by atoms with Crippen LogP contribution in [-0.2, 0) is 23.9 Å². The van der Waals surface area contributed by atoms with Gasteiger partial charge in [-0.1, -0.05) is 6.58 Å². The molecule has 0 rings (SSSR count). The molecule has 0 saturated heterocycles. The molecule has 0 bridgehead atoms. The molecule has 0 N–H and O–H groups in total. The Kier molecular flexibility index (Phi) is 12.3. The van der Waals surface area contributed by atoms with E-state index in [-0.39, 0.29) is 12.2 Å². The van der Waals surface area contributed by atoms with E-state index in [4.69, 9.17) is 4.74 Å². The summed E-state index contributed by atoms with van der Waals surface area (Å²) < 4.78 is 9.37. The molecule has 7 heteroatoms. The molecule has 1 atom stereocenters. The Morgan fingerprint density at radius 3 is 2.00 bits per heavy atom. The van der Waals surface area contributed by atoms with Crippen LogP contribution in [0.4, 0.5) is 0 Å². The van der Waals surface area contributed by atoms with Crippen LogP contribution in [0.15, 0.2) is 12.2 Å². The zero-order chi connectivity index (χ0) is 14.0. The van der Waals surface area contributed by atoms with E-state index in [0.717, 1.165) is 6.92 Å². The van der Waals surface area contributed by atoms with Crippen LogP contribution in [0.2, 0.25) is 0 Å². The highest BCUT2D eigenvalue weighted by Gasteiger charge is 2.14. The van der Waals surface area contributed by atoms with Crippen LogP contribution in [0.3, 0.4) is 0 Å². The van der Waals surface area contributed by atoms with Crippen molar-refractivity contribution in [2.75, 3.05) is 6.61 Å². The number of halogens is 2. The van der Waals surface area contributed by atoms with E-state index in [1.807, 2.05) is 0 Å². The fraction of sp³-hybridized carbons (Fsp3) is 0.500. The zero-order valence-electron chi connectivity index (χ0n) is 9.79. The van der Waals surface area contributed by atoms with E-state index in [2.05, 4.69) is 48.5 Å². The highest BCUT2D eigenvalue weighted by molar-refractivity contribution is 15.0. The standard InChI is InChI=1S/C10H14O5.I2/c1-6(2)9(12)15-7(3)5-14-10(13)8(4)11;1-2/h7H,1,5H2,2-4H3;. The third-order valence-electron chi connectivity index (χ3n) is 1.39. The first kappa shape index (κ1) is 19.2. The molecule has 0 heterocycles. The first-order valence-corrected chi connectivity index (χ1v) is 10.8. The molecule has 5 nitrogen and oxygen atoms in total. The predicted molar refractivity (Wildman–Crippen MR) is 80.0 cm³/mol. The van der Waals surface area contributed by atoms with Crippen molar-refractivity contribution in [3.8, 4) is 0 Å². The molecule has 0 fully saturated rings. The molecule has 0 spiro atoms. The maximum absolute atomic E-state index is 11.0. The number of hydrogen-bond acceptors (Lipinski definition) is 5. The number of esters is 2. The maximum atomic E-state index is 11.0. The summed E-state index contributed by atoms with van der Waals surface area (Å²) in [4.78, 5) is 32.2. The molecule has 0 aliphatic heterocycles. The average molecular weight is 468 g/mol. The second-order valence-electron chi connectivity index (χ2n) is 3.15. The molecule has 0 aliphatic rings. The van der Waals surface area contributed by atoms with Crippen molar-refractivity contribution in [1.29, 1.82) is 0 Å². The van der Waals surface area contributed by atoms with E-state index >= 15 is 0 Å². The molecular weight excluding hydrogens is 454 g/mol. The fourth-order valence-electron chi connectivity index (χ4n) is 0.612. The highest BCUT2D eigenvalue weighted by Crippen LogP contribution is 1.99. The van der Waals surface area contributed by atoms with E-state index in [1.165, 1.54) is 6.92 Å². The second kappa shape index (κ2) is 10.9. The van der Waals surface area contributed by atoms with Gasteiger partial charge in [0.1, 0.15) is 12.7 Å². The van der Waals surface area contributed by atoms with E-state index in [9.17, 15) is 14.4 Å². The van der Waals surface area contributed by atoms with Gasteiger partial charge in [0.15, 0.2) is 0 Å². The molecule has 0 saturated carbocycles. The van der Waals surface area contributed by atoms with E-state index in [0.29, 0.717) is 0 Å². The lowest BCUT2D eigenvalue weighted by atomic mass is 10.3. The van der Waals surface area contributed by atoms with Crippen LogP contribution in [0, 0.1) is 0 Å². The summed E-state index contributed by atoms with van der Waals surface area (Å²) in [5.41, 5.74) is 0.264. The highest BCUT2D eigenvalue weighted by atomic mass is 128. The Morgan fingerprint density at radius 1 is 1.18 bits per heavy atom. The van der Waals surface area contributed by atoms with Crippen LogP contribution in [0.5, 0.6) is 0 Å². The van der Waals surface area contributed by atoms with E-state index in [1.54, 1.807) is 6.92 Å². The van der Waals surface area contributed by atoms with Gasteiger partial charge in [-0.3, -0.25) is 4.79 Å². The summed E-state index contributed by atoms with van der Waals surface area (Å²) in [5.74, 6) is -2.18. The van der Waals surface area contributed by atoms with Crippen LogP contribution in [-0.4, -0.2) is 30.4 Å². The summed E-state index contributed by atoms with van der Waals surface area (Å²) in [6.07, 6.45) is -0.600. The maximum Gasteiger partial charge on any atom is 0.374 e. The largest absolute Gasteiger partial charge is 0.456 e. The molecule has 0 aliphatic carbocycles. The minimum atomic E-state index is -0.937. The fourth-order valence-corrected chi connectivity index (χ4v) is 0.612. The number of carbonyl (C=O) groups is 3. The first-order chi connectivity index (χ1) is 7.84. The zero-order valence-corrected chi connectivity index (χ0v) is 14.1. The summed E-state index contributed by atoms with van der Waals surface area (Å²) in [7, 11) is 0. The summed E-state index contributed by atoms with van der Waals surface area (Å²) in [5, 5.41) is 0. The summed E-state index contributed by atoms with van der Waals surface area (Å²) in [6, 6.07) is 0. The van der Waals surface area contributed by atoms with Crippen molar-refractivity contribution < 1.29 is 23.9 Å². The molecule has 98 valence electrons. The van der Waals surface area contributed by atoms with Gasteiger partial charge in [0.05, 0.1) is 0 Å². The molecule has 0 aromatic carbocycles. The predicted octanol–water partition coefficient (Wildman–Crippen LogP) is 2.40. The SMILES string of the molecule is C=C(C)C(=O)OC(C)COC(=O)C(C)=O.II. The van der Waals surface area contributed by atoms with Crippen LogP contribution >= 0.6 is 37.2 Å². The lowest BCUT2D eigenvalue weighted by Crippen LogP contribution is -2.24. The Bertz CT molecular complexity index is 301. The Balaban J connectivity index is 0. The van der Waals surface area contributed by atoms with Gasteiger partial charge >= 0.3 is 11.9 Å². The van der Waals surface area contributed by atoms with Crippen LogP contribution in [0.1, 0.15) is 20.8 Å². The monoisotopic (exact) mass is 468 g/mol. The number of ether oxygens (including phenoxy) is 2. The molecule has 0 aromatic heterocycles. The van der Waals surface area contributed by atoms with Crippen molar-refractivity contribution in [1.82, 2.24) is 0 Å². The smallest absolute Gasteiger partial charge is 0.374 e. The van der Waals surface area contributed by atoms with Crippen molar-refractivity contribution in [3.05, 3.63) is 12.2 Å². The Labute approximate surface area is 124 Å². The number of Topliss-reactive ketones (excluding diaryl/α,β-unsaturated/α-hetero) is 1. The summed E-state index contributed by atoms with van der Waals surface area (Å²) in [6.45, 7) is 7.42. The lowest BCUT2D eigenvalue weighted by molar-refractivity contribution is -0.159. The summed E-state index contributed by atoms with van der Waals surface area (Å²) >= 11 is 4.24. The van der Waals surface area contributed by atoms with Gasteiger partial charge in [-0.15, -0.1) is 0 Å². The second-order valence-corrected chi connectivity index (χ2v) is 3.15. The molecule has 1 unspecified atom stereocenters. The Morgan fingerprint density at radius 2 is 1.65 bits per heavy atom. The van der Waals surface area contributed by atoms with Gasteiger partial charge in [0.25, 0.3) is 0 Å². The lowest BCUT2D eigenvalue weighted by Gasteiger charge is -2.12. The molecule has 0 aromatic rings. The first-order valence-electron chi connectivity index (χ1n) is 4.53. The van der Waals surface area contributed by atoms with Crippen molar-refractivity contribution in [2.45, 2.75) is 26.9 Å². The van der Waals surface area contributed by atoms with Crippen molar-refractivity contribution in [3.63, 3.8) is 0 Å². The number of hydrogen-bond donors (Lipinski definition) is 0. The Hall–Kier alpha value is -0.190. The van der Waals surface area contributed by atoms with Crippen molar-refractivity contribution in [2.24, 2.45) is 0 Å². The average Bonchev–Trinajstić information content (AvgIpc) is 2.28. The minimum absolute atomic E-state index is 0.141. The number of ketones is 1. The molecule has 17 heavy (non-hydrogen) atoms. The van der Waals surface area contributed by atoms with Crippen LogP contribution in [0.25, 0.3) is 0 Å². The molecule has 0 amide bonds. The molecular formula is C10H14I2O5. The number of rotatable bonds is 5. The van der Waals surface area contributed by atoms with Gasteiger partial charge in [-0.05, 0) is 13.8 Å². The quantitative estimate of drug-likeness (QED) is 0.269. The topological polar surface area (TPSA) is 69.7 Å². The third-order valence-corrected chi connectivity index (χ3v) is 1.39. The van der Waals surface area contributed by atoms with Gasteiger partial charge in [0.2, 0.25) is 5.78 Å². The minimum Gasteiger partial charge on any atom is -0.456 e. The third kappa shape index (κ3) is 10.7. The van der Waals surface area contributed by atoms with Gasteiger partial charge in [-0.2, -0.15) is 0 Å². The van der Waals surface area contributed by atoms with Gasteiger partial charge in [0, 0.05) is 49.7 Å².